The van der Waals surface area contributed by atoms with Gasteiger partial charge in [0, 0.05) is 37.9 Å². The zero-order valence-corrected chi connectivity index (χ0v) is 12.3. The number of nitrogens with one attached hydrogen (secondary N) is 1. The minimum atomic E-state index is 0.653. The Morgan fingerprint density at radius 1 is 1.35 bits per heavy atom. The maximum absolute atomic E-state index is 5.47. The highest BCUT2D eigenvalue weighted by atomic mass is 16.5. The van der Waals surface area contributed by atoms with Gasteiger partial charge >= 0.3 is 0 Å². The van der Waals surface area contributed by atoms with E-state index in [9.17, 15) is 0 Å². The molecule has 2 saturated heterocycles. The van der Waals surface area contributed by atoms with Crippen LogP contribution in [0.1, 0.15) is 18.5 Å². The average molecular weight is 277 g/mol. The third-order valence-corrected chi connectivity index (χ3v) is 4.41. The Morgan fingerprint density at radius 3 is 3.00 bits per heavy atom. The zero-order valence-electron chi connectivity index (χ0n) is 12.3. The molecule has 110 valence electrons. The summed E-state index contributed by atoms with van der Waals surface area (Å²) in [5, 5.41) is 3.63. The molecule has 3 rings (SSSR count). The van der Waals surface area contributed by atoms with E-state index < -0.39 is 0 Å². The fraction of sp³-hybridized carbons (Fsp3) is 0.667. The van der Waals surface area contributed by atoms with E-state index in [1.54, 1.807) is 20.4 Å². The first-order chi connectivity index (χ1) is 9.81. The lowest BCUT2D eigenvalue weighted by Gasteiger charge is -2.24. The molecule has 5 heteroatoms. The Kier molecular flexibility index (Phi) is 4.08. The molecule has 2 fully saturated rings. The van der Waals surface area contributed by atoms with E-state index in [0.717, 1.165) is 49.3 Å². The molecule has 1 aromatic heterocycles. The van der Waals surface area contributed by atoms with Crippen molar-refractivity contribution in [3.05, 3.63) is 18.0 Å². The zero-order chi connectivity index (χ0) is 13.9. The fourth-order valence-corrected chi connectivity index (χ4v) is 3.44. The number of hydrogen-bond acceptors (Lipinski definition) is 5. The molecule has 0 aromatic carbocycles. The topological polar surface area (TPSA) is 46.6 Å². The second-order valence-electron chi connectivity index (χ2n) is 5.65. The molecule has 1 N–H and O–H groups in total. The number of fused-ring (bicyclic) bond motifs is 1. The first-order valence-corrected chi connectivity index (χ1v) is 7.33. The lowest BCUT2D eigenvalue weighted by atomic mass is 9.94. The summed E-state index contributed by atoms with van der Waals surface area (Å²) in [4.78, 5) is 6.94. The minimum Gasteiger partial charge on any atom is -0.493 e. The molecule has 3 heterocycles. The summed E-state index contributed by atoms with van der Waals surface area (Å²) in [7, 11) is 3.34. The highest BCUT2D eigenvalue weighted by Crippen LogP contribution is 2.32. The van der Waals surface area contributed by atoms with Gasteiger partial charge in [0.15, 0.2) is 11.5 Å². The highest BCUT2D eigenvalue weighted by Gasteiger charge is 2.34. The van der Waals surface area contributed by atoms with Crippen LogP contribution in [0.5, 0.6) is 11.5 Å². The van der Waals surface area contributed by atoms with Gasteiger partial charge in [0.05, 0.1) is 14.2 Å². The lowest BCUT2D eigenvalue weighted by molar-refractivity contribution is 0.295. The molecule has 2 atom stereocenters. The highest BCUT2D eigenvalue weighted by molar-refractivity contribution is 5.42. The number of methoxy groups -OCH3 is 2. The molecule has 2 aliphatic rings. The van der Waals surface area contributed by atoms with Crippen LogP contribution in [0.3, 0.4) is 0 Å². The van der Waals surface area contributed by atoms with E-state index in [4.69, 9.17) is 9.47 Å². The van der Waals surface area contributed by atoms with Crippen molar-refractivity contribution in [1.29, 1.82) is 0 Å². The molecule has 0 unspecified atom stereocenters. The summed E-state index contributed by atoms with van der Waals surface area (Å²) in [6.45, 7) is 4.25. The summed E-state index contributed by atoms with van der Waals surface area (Å²) < 4.78 is 10.8. The number of likely N-dealkylation sites (tertiary alicyclic amines) is 1. The molecule has 0 amide bonds. The van der Waals surface area contributed by atoms with Crippen LogP contribution in [0, 0.1) is 5.92 Å². The molecule has 0 bridgehead atoms. The number of rotatable bonds is 4. The second kappa shape index (κ2) is 5.97. The van der Waals surface area contributed by atoms with Crippen LogP contribution in [0.25, 0.3) is 0 Å². The van der Waals surface area contributed by atoms with Crippen LogP contribution < -0.4 is 14.8 Å². The van der Waals surface area contributed by atoms with Gasteiger partial charge < -0.3 is 14.8 Å². The molecular formula is C15H23N3O2. The molecule has 1 aromatic rings. The number of hydrogen-bond donors (Lipinski definition) is 1. The average Bonchev–Trinajstić information content (AvgIpc) is 2.89. The Balaban J connectivity index is 1.72. The van der Waals surface area contributed by atoms with E-state index in [1.165, 1.54) is 12.8 Å². The Hall–Kier alpha value is -1.33. The van der Waals surface area contributed by atoms with Crippen molar-refractivity contribution < 1.29 is 9.47 Å². The van der Waals surface area contributed by atoms with E-state index in [2.05, 4.69) is 15.2 Å². The normalized spacial score (nSPS) is 26.3. The summed E-state index contributed by atoms with van der Waals surface area (Å²) in [6.07, 6.45) is 4.44. The van der Waals surface area contributed by atoms with Gasteiger partial charge in [-0.3, -0.25) is 9.88 Å². The first-order valence-electron chi connectivity index (χ1n) is 7.33. The standard InChI is InChI=1S/C15H23N3O2/c1-19-14-5-7-17-13(15(14)20-2)10-18-8-11-4-3-6-16-12(11)9-18/h5,7,11-12,16H,3-4,6,8-10H2,1-2H3/t11-,12+/m0/s1. The van der Waals surface area contributed by atoms with Crippen molar-refractivity contribution in [1.82, 2.24) is 15.2 Å². The van der Waals surface area contributed by atoms with Crippen LogP contribution in [-0.2, 0) is 6.54 Å². The van der Waals surface area contributed by atoms with E-state index in [0.29, 0.717) is 6.04 Å². The molecule has 20 heavy (non-hydrogen) atoms. The third-order valence-electron chi connectivity index (χ3n) is 4.41. The summed E-state index contributed by atoms with van der Waals surface area (Å²) in [5.41, 5.74) is 0.963. The molecule has 5 nitrogen and oxygen atoms in total. The predicted octanol–water partition coefficient (Wildman–Crippen LogP) is 1.28. The molecule has 0 aliphatic carbocycles. The van der Waals surface area contributed by atoms with Crippen LogP contribution in [0.4, 0.5) is 0 Å². The van der Waals surface area contributed by atoms with Gasteiger partial charge in [0.2, 0.25) is 0 Å². The van der Waals surface area contributed by atoms with Gasteiger partial charge in [0.1, 0.15) is 5.69 Å². The lowest BCUT2D eigenvalue weighted by Crippen LogP contribution is -2.40. The number of piperidine rings is 1. The van der Waals surface area contributed by atoms with Crippen molar-refractivity contribution in [3.8, 4) is 11.5 Å². The van der Waals surface area contributed by atoms with Crippen molar-refractivity contribution in [2.75, 3.05) is 33.9 Å². The van der Waals surface area contributed by atoms with Crippen molar-refractivity contribution in [2.24, 2.45) is 5.92 Å². The van der Waals surface area contributed by atoms with Gasteiger partial charge in [-0.2, -0.15) is 0 Å². The molecule has 0 radical (unpaired) electrons. The van der Waals surface area contributed by atoms with Gasteiger partial charge in [-0.05, 0) is 25.3 Å². The van der Waals surface area contributed by atoms with Gasteiger partial charge in [-0.25, -0.2) is 0 Å². The molecule has 2 aliphatic heterocycles. The summed E-state index contributed by atoms with van der Waals surface area (Å²) >= 11 is 0. The number of aromatic nitrogens is 1. The van der Waals surface area contributed by atoms with E-state index in [1.807, 2.05) is 6.07 Å². The van der Waals surface area contributed by atoms with Gasteiger partial charge in [-0.1, -0.05) is 0 Å². The maximum atomic E-state index is 5.47. The van der Waals surface area contributed by atoms with Crippen LogP contribution in [0.2, 0.25) is 0 Å². The SMILES string of the molecule is COc1ccnc(CN2C[C@@H]3CCCN[C@@H]3C2)c1OC. The third kappa shape index (κ3) is 2.60. The smallest absolute Gasteiger partial charge is 0.183 e. The number of pyridine rings is 1. The Bertz CT molecular complexity index is 452. The minimum absolute atomic E-state index is 0.653. The van der Waals surface area contributed by atoms with Crippen LogP contribution in [-0.4, -0.2) is 49.8 Å². The van der Waals surface area contributed by atoms with E-state index >= 15 is 0 Å². The molecule has 0 spiro atoms. The van der Waals surface area contributed by atoms with Crippen molar-refractivity contribution in [3.63, 3.8) is 0 Å². The van der Waals surface area contributed by atoms with Crippen molar-refractivity contribution in [2.45, 2.75) is 25.4 Å². The molecular weight excluding hydrogens is 254 g/mol. The fourth-order valence-electron chi connectivity index (χ4n) is 3.44. The maximum Gasteiger partial charge on any atom is 0.183 e. The summed E-state index contributed by atoms with van der Waals surface area (Å²) in [5.74, 6) is 2.31. The predicted molar refractivity (Wildman–Crippen MR) is 77.1 cm³/mol. The number of nitrogens with zero attached hydrogens (tertiary/aromatic N) is 2. The van der Waals surface area contributed by atoms with E-state index in [-0.39, 0.29) is 0 Å². The Labute approximate surface area is 120 Å². The number of ether oxygens (including phenoxy) is 2. The molecule has 0 saturated carbocycles. The quantitative estimate of drug-likeness (QED) is 0.898. The largest absolute Gasteiger partial charge is 0.493 e. The van der Waals surface area contributed by atoms with Crippen molar-refractivity contribution >= 4 is 0 Å². The van der Waals surface area contributed by atoms with Gasteiger partial charge in [0.25, 0.3) is 0 Å². The second-order valence-corrected chi connectivity index (χ2v) is 5.65. The summed E-state index contributed by atoms with van der Waals surface area (Å²) in [6, 6.07) is 2.49. The monoisotopic (exact) mass is 277 g/mol. The van der Waals surface area contributed by atoms with Gasteiger partial charge in [-0.15, -0.1) is 0 Å². The van der Waals surface area contributed by atoms with Crippen LogP contribution >= 0.6 is 0 Å². The first kappa shape index (κ1) is 13.6. The Morgan fingerprint density at radius 2 is 2.25 bits per heavy atom. The van der Waals surface area contributed by atoms with Crippen LogP contribution in [0.15, 0.2) is 12.3 Å².